The van der Waals surface area contributed by atoms with Crippen LogP contribution in [0, 0.1) is 13.8 Å². The van der Waals surface area contributed by atoms with Gasteiger partial charge < -0.3 is 10.5 Å². The van der Waals surface area contributed by atoms with Crippen molar-refractivity contribution in [2.24, 2.45) is 5.73 Å². The number of nitrogens with zero attached hydrogens (tertiary/aromatic N) is 1. The number of aryl methyl sites for hydroxylation is 2. The van der Waals surface area contributed by atoms with Crippen molar-refractivity contribution in [3.8, 4) is 16.3 Å². The molecule has 0 aliphatic carbocycles. The number of aromatic nitrogens is 1. The van der Waals surface area contributed by atoms with E-state index in [1.165, 1.54) is 4.88 Å². The van der Waals surface area contributed by atoms with E-state index in [4.69, 9.17) is 10.5 Å². The molecule has 0 amide bonds. The molecule has 2 rings (SSSR count). The van der Waals surface area contributed by atoms with E-state index < -0.39 is 0 Å². The second-order valence-corrected chi connectivity index (χ2v) is 5.38. The summed E-state index contributed by atoms with van der Waals surface area (Å²) >= 11 is 1.73. The number of thiazole rings is 1. The van der Waals surface area contributed by atoms with Crippen LogP contribution in [0.25, 0.3) is 10.6 Å². The van der Waals surface area contributed by atoms with Gasteiger partial charge in [0, 0.05) is 10.4 Å². The number of benzene rings is 1. The Kier molecular flexibility index (Phi) is 4.33. The molecule has 0 bridgehead atoms. The van der Waals surface area contributed by atoms with Crippen LogP contribution in [0.4, 0.5) is 0 Å². The molecule has 96 valence electrons. The Morgan fingerprint density at radius 2 is 1.94 bits per heavy atom. The van der Waals surface area contributed by atoms with Crippen LogP contribution in [0.2, 0.25) is 0 Å². The largest absolute Gasteiger partial charge is 0.494 e. The van der Waals surface area contributed by atoms with Crippen molar-refractivity contribution < 1.29 is 4.74 Å². The minimum Gasteiger partial charge on any atom is -0.494 e. The van der Waals surface area contributed by atoms with Crippen molar-refractivity contribution in [2.45, 2.75) is 20.3 Å². The van der Waals surface area contributed by atoms with Gasteiger partial charge >= 0.3 is 0 Å². The van der Waals surface area contributed by atoms with Crippen LogP contribution in [0.3, 0.4) is 0 Å². The van der Waals surface area contributed by atoms with Crippen LogP contribution in [0.15, 0.2) is 24.3 Å². The maximum absolute atomic E-state index is 5.57. The first-order chi connectivity index (χ1) is 8.70. The molecule has 0 aliphatic rings. The van der Waals surface area contributed by atoms with Crippen molar-refractivity contribution in [1.82, 2.24) is 4.98 Å². The summed E-state index contributed by atoms with van der Waals surface area (Å²) < 4.78 is 5.57. The highest BCUT2D eigenvalue weighted by Gasteiger charge is 2.06. The highest BCUT2D eigenvalue weighted by molar-refractivity contribution is 7.15. The molecule has 0 atom stereocenters. The molecule has 0 aliphatic heterocycles. The Morgan fingerprint density at radius 1 is 1.22 bits per heavy atom. The molecule has 4 heteroatoms. The van der Waals surface area contributed by atoms with E-state index in [-0.39, 0.29) is 0 Å². The van der Waals surface area contributed by atoms with Gasteiger partial charge in [-0.1, -0.05) is 0 Å². The van der Waals surface area contributed by atoms with Crippen molar-refractivity contribution in [3.63, 3.8) is 0 Å². The molecule has 1 aromatic carbocycles. The van der Waals surface area contributed by atoms with Gasteiger partial charge in [0.05, 0.1) is 12.3 Å². The van der Waals surface area contributed by atoms with Gasteiger partial charge in [-0.15, -0.1) is 11.3 Å². The normalized spacial score (nSPS) is 10.6. The van der Waals surface area contributed by atoms with Crippen LogP contribution < -0.4 is 10.5 Å². The SMILES string of the molecule is Cc1nc(-c2ccc(OCCCN)cc2)sc1C. The number of ether oxygens (including phenoxy) is 1. The number of rotatable bonds is 5. The van der Waals surface area contributed by atoms with Gasteiger partial charge in [-0.25, -0.2) is 4.98 Å². The lowest BCUT2D eigenvalue weighted by molar-refractivity contribution is 0.313. The van der Waals surface area contributed by atoms with Crippen LogP contribution in [0.5, 0.6) is 5.75 Å². The standard InChI is InChI=1S/C14H18N2OS/c1-10-11(2)18-14(16-10)12-4-6-13(7-5-12)17-9-3-8-15/h4-7H,3,8-9,15H2,1-2H3. The molecule has 0 saturated heterocycles. The van der Waals surface area contributed by atoms with E-state index in [0.29, 0.717) is 13.2 Å². The van der Waals surface area contributed by atoms with Gasteiger partial charge in [0.2, 0.25) is 0 Å². The van der Waals surface area contributed by atoms with E-state index in [1.54, 1.807) is 11.3 Å². The Hall–Kier alpha value is -1.39. The van der Waals surface area contributed by atoms with Crippen LogP contribution >= 0.6 is 11.3 Å². The quantitative estimate of drug-likeness (QED) is 0.842. The Bertz CT molecular complexity index is 486. The average Bonchev–Trinajstić information content (AvgIpc) is 2.71. The monoisotopic (exact) mass is 262 g/mol. The zero-order valence-corrected chi connectivity index (χ0v) is 11.6. The first-order valence-electron chi connectivity index (χ1n) is 6.08. The molecule has 0 unspecified atom stereocenters. The lowest BCUT2D eigenvalue weighted by Gasteiger charge is -2.05. The van der Waals surface area contributed by atoms with Gasteiger partial charge in [-0.2, -0.15) is 0 Å². The van der Waals surface area contributed by atoms with E-state index in [2.05, 4.69) is 24.0 Å². The molecule has 1 aromatic heterocycles. The highest BCUT2D eigenvalue weighted by Crippen LogP contribution is 2.28. The fourth-order valence-corrected chi connectivity index (χ4v) is 2.48. The Labute approximate surface area is 112 Å². The Balaban J connectivity index is 2.07. The fourth-order valence-electron chi connectivity index (χ4n) is 1.56. The van der Waals surface area contributed by atoms with E-state index in [0.717, 1.165) is 28.4 Å². The summed E-state index contributed by atoms with van der Waals surface area (Å²) in [6.07, 6.45) is 0.882. The molecule has 1 heterocycles. The maximum Gasteiger partial charge on any atom is 0.123 e. The topological polar surface area (TPSA) is 48.1 Å². The lowest BCUT2D eigenvalue weighted by Crippen LogP contribution is -2.05. The number of nitrogens with two attached hydrogens (primary N) is 1. The molecule has 2 N–H and O–H groups in total. The van der Waals surface area contributed by atoms with Crippen molar-refractivity contribution >= 4 is 11.3 Å². The molecule has 0 saturated carbocycles. The van der Waals surface area contributed by atoms with Crippen LogP contribution in [-0.4, -0.2) is 18.1 Å². The second kappa shape index (κ2) is 5.98. The van der Waals surface area contributed by atoms with Gasteiger partial charge in [0.25, 0.3) is 0 Å². The summed E-state index contributed by atoms with van der Waals surface area (Å²) in [5.41, 5.74) is 7.67. The minimum atomic E-state index is 0.662. The summed E-state index contributed by atoms with van der Waals surface area (Å²) in [5, 5.41) is 1.07. The van der Waals surface area contributed by atoms with E-state index in [1.807, 2.05) is 19.1 Å². The molecule has 0 spiro atoms. The first kappa shape index (κ1) is 13.1. The predicted molar refractivity (Wildman–Crippen MR) is 76.2 cm³/mol. The zero-order chi connectivity index (χ0) is 13.0. The van der Waals surface area contributed by atoms with Crippen molar-refractivity contribution in [2.75, 3.05) is 13.2 Å². The summed E-state index contributed by atoms with van der Waals surface area (Å²) in [6.45, 7) is 5.47. The lowest BCUT2D eigenvalue weighted by atomic mass is 10.2. The molecular weight excluding hydrogens is 244 g/mol. The van der Waals surface area contributed by atoms with Gasteiger partial charge in [0.1, 0.15) is 10.8 Å². The van der Waals surface area contributed by atoms with Crippen LogP contribution in [-0.2, 0) is 0 Å². The van der Waals surface area contributed by atoms with Crippen LogP contribution in [0.1, 0.15) is 17.0 Å². The van der Waals surface area contributed by atoms with Gasteiger partial charge in [-0.3, -0.25) is 0 Å². The van der Waals surface area contributed by atoms with E-state index in [9.17, 15) is 0 Å². The molecule has 0 fully saturated rings. The fraction of sp³-hybridized carbons (Fsp3) is 0.357. The summed E-state index contributed by atoms with van der Waals surface area (Å²) in [4.78, 5) is 5.82. The van der Waals surface area contributed by atoms with Gasteiger partial charge in [0.15, 0.2) is 0 Å². The molecule has 3 nitrogen and oxygen atoms in total. The predicted octanol–water partition coefficient (Wildman–Crippen LogP) is 3.15. The third kappa shape index (κ3) is 3.09. The third-order valence-electron chi connectivity index (χ3n) is 2.75. The summed E-state index contributed by atoms with van der Waals surface area (Å²) in [6, 6.07) is 8.07. The average molecular weight is 262 g/mol. The van der Waals surface area contributed by atoms with Crippen molar-refractivity contribution in [1.29, 1.82) is 0 Å². The zero-order valence-electron chi connectivity index (χ0n) is 10.8. The molecule has 2 aromatic rings. The van der Waals surface area contributed by atoms with Gasteiger partial charge in [-0.05, 0) is 51.1 Å². The summed E-state index contributed by atoms with van der Waals surface area (Å²) in [5.74, 6) is 0.886. The third-order valence-corrected chi connectivity index (χ3v) is 3.87. The maximum atomic E-state index is 5.57. The molecule has 0 radical (unpaired) electrons. The number of hydrogen-bond donors (Lipinski definition) is 1. The van der Waals surface area contributed by atoms with Crippen molar-refractivity contribution in [3.05, 3.63) is 34.8 Å². The summed E-state index contributed by atoms with van der Waals surface area (Å²) in [7, 11) is 0. The first-order valence-corrected chi connectivity index (χ1v) is 6.89. The Morgan fingerprint density at radius 3 is 2.50 bits per heavy atom. The van der Waals surface area contributed by atoms with E-state index >= 15 is 0 Å². The highest BCUT2D eigenvalue weighted by atomic mass is 32.1. The minimum absolute atomic E-state index is 0.662. The molecular formula is C14H18N2OS. The smallest absolute Gasteiger partial charge is 0.123 e. The second-order valence-electron chi connectivity index (χ2n) is 4.18. The number of hydrogen-bond acceptors (Lipinski definition) is 4. The molecule has 18 heavy (non-hydrogen) atoms.